The van der Waals surface area contributed by atoms with Crippen LogP contribution in [-0.2, 0) is 16.1 Å². The molecule has 0 radical (unpaired) electrons. The molecule has 0 bridgehead atoms. The van der Waals surface area contributed by atoms with E-state index in [0.717, 1.165) is 0 Å². The molecule has 104 valence electrons. The summed E-state index contributed by atoms with van der Waals surface area (Å²) >= 11 is 0. The van der Waals surface area contributed by atoms with Crippen molar-refractivity contribution in [3.63, 3.8) is 0 Å². The van der Waals surface area contributed by atoms with E-state index in [9.17, 15) is 9.59 Å². The number of carboxylic acid groups (broad SMARTS) is 1. The second-order valence-electron chi connectivity index (χ2n) is 4.20. The van der Waals surface area contributed by atoms with E-state index in [0.29, 0.717) is 18.5 Å². The van der Waals surface area contributed by atoms with Crippen LogP contribution in [0.3, 0.4) is 0 Å². The average Bonchev–Trinajstić information content (AvgIpc) is 2.42. The maximum absolute atomic E-state index is 11.5. The Morgan fingerprint density at radius 3 is 2.89 bits per heavy atom. The minimum atomic E-state index is -1.01. The standard InChI is InChI=1S/C13H18N2O4/c1-9(19-2)3-4-12(16)15-8-11-7-10(13(17)18)5-6-14-11/h5-7,9H,3-4,8H2,1-2H3,(H,15,16)(H,17,18). The van der Waals surface area contributed by atoms with Gasteiger partial charge in [-0.3, -0.25) is 9.78 Å². The second-order valence-corrected chi connectivity index (χ2v) is 4.20. The number of carbonyl (C=O) groups excluding carboxylic acids is 1. The van der Waals surface area contributed by atoms with Crippen molar-refractivity contribution in [1.29, 1.82) is 0 Å². The lowest BCUT2D eigenvalue weighted by Crippen LogP contribution is -2.24. The number of hydrogen-bond acceptors (Lipinski definition) is 4. The zero-order chi connectivity index (χ0) is 14.3. The number of nitrogens with one attached hydrogen (secondary N) is 1. The summed E-state index contributed by atoms with van der Waals surface area (Å²) in [6.07, 6.45) is 2.47. The number of amides is 1. The molecule has 19 heavy (non-hydrogen) atoms. The van der Waals surface area contributed by atoms with E-state index < -0.39 is 5.97 Å². The quantitative estimate of drug-likeness (QED) is 0.774. The fourth-order valence-electron chi connectivity index (χ4n) is 1.44. The Balaban J connectivity index is 2.42. The molecule has 6 nitrogen and oxygen atoms in total. The third kappa shape index (κ3) is 5.48. The lowest BCUT2D eigenvalue weighted by atomic mass is 10.2. The Labute approximate surface area is 111 Å². The van der Waals surface area contributed by atoms with Gasteiger partial charge in [-0.2, -0.15) is 0 Å². The molecule has 2 N–H and O–H groups in total. The van der Waals surface area contributed by atoms with Gasteiger partial charge >= 0.3 is 5.97 Å². The molecule has 1 aromatic heterocycles. The maximum atomic E-state index is 11.5. The largest absolute Gasteiger partial charge is 0.478 e. The zero-order valence-electron chi connectivity index (χ0n) is 11.0. The van der Waals surface area contributed by atoms with Crippen LogP contribution in [0, 0.1) is 0 Å². The van der Waals surface area contributed by atoms with Crippen molar-refractivity contribution in [1.82, 2.24) is 10.3 Å². The van der Waals surface area contributed by atoms with Gasteiger partial charge in [0, 0.05) is 19.7 Å². The predicted molar refractivity (Wildman–Crippen MR) is 68.7 cm³/mol. The molecule has 1 amide bonds. The number of methoxy groups -OCH3 is 1. The first-order valence-electron chi connectivity index (χ1n) is 6.00. The Morgan fingerprint density at radius 2 is 2.26 bits per heavy atom. The third-order valence-corrected chi connectivity index (χ3v) is 2.71. The summed E-state index contributed by atoms with van der Waals surface area (Å²) < 4.78 is 5.05. The van der Waals surface area contributed by atoms with Gasteiger partial charge in [-0.05, 0) is 25.5 Å². The van der Waals surface area contributed by atoms with Crippen molar-refractivity contribution in [2.75, 3.05) is 7.11 Å². The first-order chi connectivity index (χ1) is 9.02. The molecule has 0 saturated carbocycles. The Kier molecular flexibility index (Phi) is 5.95. The fraction of sp³-hybridized carbons (Fsp3) is 0.462. The zero-order valence-corrected chi connectivity index (χ0v) is 11.0. The lowest BCUT2D eigenvalue weighted by Gasteiger charge is -2.09. The number of carboxylic acids is 1. The number of ether oxygens (including phenoxy) is 1. The molecule has 0 fully saturated rings. The number of pyridine rings is 1. The first kappa shape index (κ1) is 15.1. The van der Waals surface area contributed by atoms with Crippen LogP contribution in [0.5, 0.6) is 0 Å². The summed E-state index contributed by atoms with van der Waals surface area (Å²) in [5, 5.41) is 11.5. The van der Waals surface area contributed by atoms with Crippen LogP contribution in [0.4, 0.5) is 0 Å². The van der Waals surface area contributed by atoms with Gasteiger partial charge in [0.25, 0.3) is 0 Å². The number of nitrogens with zero attached hydrogens (tertiary/aromatic N) is 1. The van der Waals surface area contributed by atoms with Crippen LogP contribution in [0.1, 0.15) is 35.8 Å². The Morgan fingerprint density at radius 1 is 1.53 bits per heavy atom. The molecular formula is C13H18N2O4. The normalized spacial score (nSPS) is 11.9. The highest BCUT2D eigenvalue weighted by Gasteiger charge is 2.07. The van der Waals surface area contributed by atoms with Gasteiger partial charge in [-0.15, -0.1) is 0 Å². The van der Waals surface area contributed by atoms with Gasteiger partial charge < -0.3 is 15.2 Å². The van der Waals surface area contributed by atoms with E-state index in [-0.39, 0.29) is 24.1 Å². The van der Waals surface area contributed by atoms with E-state index in [2.05, 4.69) is 10.3 Å². The maximum Gasteiger partial charge on any atom is 0.335 e. The molecule has 1 aromatic rings. The smallest absolute Gasteiger partial charge is 0.335 e. The molecule has 0 aliphatic carbocycles. The van der Waals surface area contributed by atoms with Crippen molar-refractivity contribution in [3.8, 4) is 0 Å². The predicted octanol–water partition coefficient (Wildman–Crippen LogP) is 1.21. The van der Waals surface area contributed by atoms with Gasteiger partial charge in [0.1, 0.15) is 0 Å². The highest BCUT2D eigenvalue weighted by atomic mass is 16.5. The van der Waals surface area contributed by atoms with E-state index in [1.807, 2.05) is 6.92 Å². The summed E-state index contributed by atoms with van der Waals surface area (Å²) in [6, 6.07) is 2.86. The molecule has 1 unspecified atom stereocenters. The van der Waals surface area contributed by atoms with Crippen molar-refractivity contribution < 1.29 is 19.4 Å². The van der Waals surface area contributed by atoms with Crippen molar-refractivity contribution >= 4 is 11.9 Å². The van der Waals surface area contributed by atoms with Crippen molar-refractivity contribution in [2.45, 2.75) is 32.4 Å². The first-order valence-corrected chi connectivity index (χ1v) is 6.00. The molecule has 0 aliphatic rings. The molecule has 1 heterocycles. The molecule has 0 aliphatic heterocycles. The molecule has 0 saturated heterocycles. The summed E-state index contributed by atoms with van der Waals surface area (Å²) in [5.74, 6) is -1.12. The Hall–Kier alpha value is -1.95. The molecule has 6 heteroatoms. The van der Waals surface area contributed by atoms with Crippen molar-refractivity contribution in [3.05, 3.63) is 29.6 Å². The average molecular weight is 266 g/mol. The third-order valence-electron chi connectivity index (χ3n) is 2.71. The van der Waals surface area contributed by atoms with Crippen LogP contribution >= 0.6 is 0 Å². The minimum absolute atomic E-state index is 0.0409. The summed E-state index contributed by atoms with van der Waals surface area (Å²) in [6.45, 7) is 2.12. The highest BCUT2D eigenvalue weighted by molar-refractivity contribution is 5.87. The minimum Gasteiger partial charge on any atom is -0.478 e. The SMILES string of the molecule is COC(C)CCC(=O)NCc1cc(C(=O)O)ccn1. The Bertz CT molecular complexity index is 448. The van der Waals surface area contributed by atoms with Gasteiger partial charge in [-0.25, -0.2) is 4.79 Å². The van der Waals surface area contributed by atoms with Crippen LogP contribution in [0.15, 0.2) is 18.3 Å². The molecular weight excluding hydrogens is 248 g/mol. The monoisotopic (exact) mass is 266 g/mol. The summed E-state index contributed by atoms with van der Waals surface area (Å²) in [4.78, 5) is 26.3. The number of carbonyl (C=O) groups is 2. The van der Waals surface area contributed by atoms with Crippen LogP contribution in [0.25, 0.3) is 0 Å². The van der Waals surface area contributed by atoms with Crippen LogP contribution < -0.4 is 5.32 Å². The summed E-state index contributed by atoms with van der Waals surface area (Å²) in [7, 11) is 1.60. The van der Waals surface area contributed by atoms with E-state index in [4.69, 9.17) is 9.84 Å². The van der Waals surface area contributed by atoms with Gasteiger partial charge in [0.05, 0.1) is 23.9 Å². The van der Waals surface area contributed by atoms with Crippen molar-refractivity contribution in [2.24, 2.45) is 0 Å². The van der Waals surface area contributed by atoms with E-state index >= 15 is 0 Å². The van der Waals surface area contributed by atoms with E-state index in [1.165, 1.54) is 18.3 Å². The molecule has 0 spiro atoms. The van der Waals surface area contributed by atoms with Gasteiger partial charge in [0.2, 0.25) is 5.91 Å². The summed E-state index contributed by atoms with van der Waals surface area (Å²) in [5.41, 5.74) is 0.681. The molecule has 1 atom stereocenters. The van der Waals surface area contributed by atoms with Gasteiger partial charge in [0.15, 0.2) is 0 Å². The van der Waals surface area contributed by atoms with E-state index in [1.54, 1.807) is 7.11 Å². The number of aromatic carboxylic acids is 1. The number of aromatic nitrogens is 1. The van der Waals surface area contributed by atoms with Gasteiger partial charge in [-0.1, -0.05) is 0 Å². The fourth-order valence-corrected chi connectivity index (χ4v) is 1.44. The lowest BCUT2D eigenvalue weighted by molar-refractivity contribution is -0.121. The molecule has 0 aromatic carbocycles. The van der Waals surface area contributed by atoms with Crippen LogP contribution in [-0.4, -0.2) is 35.2 Å². The highest BCUT2D eigenvalue weighted by Crippen LogP contribution is 2.03. The topological polar surface area (TPSA) is 88.5 Å². The molecule has 1 rings (SSSR count). The number of rotatable bonds is 7. The van der Waals surface area contributed by atoms with Crippen LogP contribution in [0.2, 0.25) is 0 Å². The number of hydrogen-bond donors (Lipinski definition) is 2. The second kappa shape index (κ2) is 7.48.